The molecule has 2 amide bonds. The first-order valence-corrected chi connectivity index (χ1v) is 11.0. The fourth-order valence-corrected chi connectivity index (χ4v) is 4.00. The zero-order valence-corrected chi connectivity index (χ0v) is 17.4. The molecule has 0 spiro atoms. The number of carbonyl (C=O) groups excluding carboxylic acids is 2. The van der Waals surface area contributed by atoms with E-state index >= 15 is 0 Å². The van der Waals surface area contributed by atoms with Crippen LogP contribution in [0.2, 0.25) is 5.02 Å². The standard InChI is InChI=1S/C20H22ClN3O4S/c1-13(14-6-8-17(9-7-14)29(22,27)28)23-20(26)16-10-19(25)24(12-16)11-15-4-2-3-5-18(15)21/h2-9,13,16H,10-12H2,1H3,(H,23,26)(H2,22,27,28)/t13-,16+/m1/s1. The molecule has 2 aromatic carbocycles. The van der Waals surface area contributed by atoms with Crippen LogP contribution in [0, 0.1) is 5.92 Å². The molecule has 7 nitrogen and oxygen atoms in total. The largest absolute Gasteiger partial charge is 0.349 e. The highest BCUT2D eigenvalue weighted by atomic mass is 35.5. The van der Waals surface area contributed by atoms with E-state index in [1.807, 2.05) is 18.2 Å². The van der Waals surface area contributed by atoms with Crippen molar-refractivity contribution in [1.29, 1.82) is 0 Å². The smallest absolute Gasteiger partial charge is 0.238 e. The Balaban J connectivity index is 1.61. The highest BCUT2D eigenvalue weighted by Gasteiger charge is 2.35. The highest BCUT2D eigenvalue weighted by molar-refractivity contribution is 7.89. The summed E-state index contributed by atoms with van der Waals surface area (Å²) in [5, 5.41) is 8.57. The summed E-state index contributed by atoms with van der Waals surface area (Å²) in [6.45, 7) is 2.49. The van der Waals surface area contributed by atoms with Gasteiger partial charge >= 0.3 is 0 Å². The second-order valence-corrected chi connectivity index (χ2v) is 9.08. The van der Waals surface area contributed by atoms with E-state index in [9.17, 15) is 18.0 Å². The van der Waals surface area contributed by atoms with E-state index in [2.05, 4.69) is 5.32 Å². The number of likely N-dealkylation sites (tertiary alicyclic amines) is 1. The molecule has 2 atom stereocenters. The molecular formula is C20H22ClN3O4S. The first kappa shape index (κ1) is 21.3. The lowest BCUT2D eigenvalue weighted by atomic mass is 10.1. The molecule has 154 valence electrons. The van der Waals surface area contributed by atoms with Crippen LogP contribution in [0.15, 0.2) is 53.4 Å². The summed E-state index contributed by atoms with van der Waals surface area (Å²) in [5.74, 6) is -0.755. The summed E-state index contributed by atoms with van der Waals surface area (Å²) in [7, 11) is -3.76. The lowest BCUT2D eigenvalue weighted by Crippen LogP contribution is -2.34. The van der Waals surface area contributed by atoms with Gasteiger partial charge in [0.1, 0.15) is 0 Å². The predicted molar refractivity (Wildman–Crippen MR) is 109 cm³/mol. The molecule has 0 radical (unpaired) electrons. The summed E-state index contributed by atoms with van der Waals surface area (Å²) >= 11 is 6.16. The Kier molecular flexibility index (Phi) is 6.26. The summed E-state index contributed by atoms with van der Waals surface area (Å²) in [4.78, 5) is 26.6. The first-order chi connectivity index (χ1) is 13.6. The molecule has 0 bridgehead atoms. The Morgan fingerprint density at radius 3 is 2.52 bits per heavy atom. The monoisotopic (exact) mass is 435 g/mol. The number of halogens is 1. The number of primary sulfonamides is 1. The predicted octanol–water partition coefficient (Wildman–Crippen LogP) is 2.21. The van der Waals surface area contributed by atoms with Gasteiger partial charge in [-0.25, -0.2) is 13.6 Å². The van der Waals surface area contributed by atoms with Gasteiger partial charge in [-0.15, -0.1) is 0 Å². The zero-order valence-electron chi connectivity index (χ0n) is 15.8. The van der Waals surface area contributed by atoms with E-state index in [1.165, 1.54) is 12.1 Å². The third-order valence-electron chi connectivity index (χ3n) is 4.97. The van der Waals surface area contributed by atoms with Crippen molar-refractivity contribution in [3.05, 3.63) is 64.7 Å². The lowest BCUT2D eigenvalue weighted by Gasteiger charge is -2.19. The summed E-state index contributed by atoms with van der Waals surface area (Å²) in [6, 6.07) is 13.0. The van der Waals surface area contributed by atoms with Gasteiger partial charge in [0, 0.05) is 24.5 Å². The summed E-state index contributed by atoms with van der Waals surface area (Å²) < 4.78 is 22.7. The molecule has 9 heteroatoms. The van der Waals surface area contributed by atoms with Crippen LogP contribution < -0.4 is 10.5 Å². The van der Waals surface area contributed by atoms with Gasteiger partial charge in [0.05, 0.1) is 16.9 Å². The number of sulfonamides is 1. The number of rotatable bonds is 6. The normalized spacial score (nSPS) is 18.0. The second kappa shape index (κ2) is 8.52. The molecule has 1 saturated heterocycles. The third-order valence-corrected chi connectivity index (χ3v) is 6.27. The topological polar surface area (TPSA) is 110 Å². The van der Waals surface area contributed by atoms with E-state index in [1.54, 1.807) is 30.0 Å². The van der Waals surface area contributed by atoms with E-state index < -0.39 is 15.9 Å². The van der Waals surface area contributed by atoms with Crippen LogP contribution in [0.25, 0.3) is 0 Å². The Morgan fingerprint density at radius 2 is 1.90 bits per heavy atom. The number of nitrogens with two attached hydrogens (primary N) is 1. The van der Waals surface area contributed by atoms with Crippen LogP contribution in [0.3, 0.4) is 0 Å². The Morgan fingerprint density at radius 1 is 1.24 bits per heavy atom. The molecule has 1 aliphatic heterocycles. The molecule has 3 N–H and O–H groups in total. The molecule has 1 fully saturated rings. The minimum Gasteiger partial charge on any atom is -0.349 e. The number of amides is 2. The fourth-order valence-electron chi connectivity index (χ4n) is 3.29. The SMILES string of the molecule is C[C@@H](NC(=O)[C@H]1CC(=O)N(Cc2ccccc2Cl)C1)c1ccc(S(N)(=O)=O)cc1. The van der Waals surface area contributed by atoms with Crippen LogP contribution in [-0.2, 0) is 26.2 Å². The van der Waals surface area contributed by atoms with Gasteiger partial charge in [0.25, 0.3) is 0 Å². The van der Waals surface area contributed by atoms with E-state index in [4.69, 9.17) is 16.7 Å². The number of benzene rings is 2. The third kappa shape index (κ3) is 5.14. The molecule has 0 saturated carbocycles. The Labute approximate surface area is 174 Å². The van der Waals surface area contributed by atoms with Crippen molar-refractivity contribution in [1.82, 2.24) is 10.2 Å². The molecule has 1 aliphatic rings. The van der Waals surface area contributed by atoms with Crippen molar-refractivity contribution in [3.8, 4) is 0 Å². The first-order valence-electron chi connectivity index (χ1n) is 9.09. The van der Waals surface area contributed by atoms with Gasteiger partial charge in [-0.1, -0.05) is 41.9 Å². The minimum atomic E-state index is -3.76. The number of hydrogen-bond donors (Lipinski definition) is 2. The van der Waals surface area contributed by atoms with Gasteiger partial charge < -0.3 is 10.2 Å². The van der Waals surface area contributed by atoms with Gasteiger partial charge in [-0.3, -0.25) is 9.59 Å². The van der Waals surface area contributed by atoms with Crippen LogP contribution in [0.5, 0.6) is 0 Å². The summed E-state index contributed by atoms with van der Waals surface area (Å²) in [6.07, 6.45) is 0.146. The highest BCUT2D eigenvalue weighted by Crippen LogP contribution is 2.24. The van der Waals surface area contributed by atoms with Crippen LogP contribution >= 0.6 is 11.6 Å². The maximum absolute atomic E-state index is 12.6. The maximum atomic E-state index is 12.6. The molecule has 3 rings (SSSR count). The lowest BCUT2D eigenvalue weighted by molar-refractivity contribution is -0.129. The van der Waals surface area contributed by atoms with E-state index in [0.717, 1.165) is 11.1 Å². The number of nitrogens with zero attached hydrogens (tertiary/aromatic N) is 1. The molecule has 29 heavy (non-hydrogen) atoms. The number of hydrogen-bond acceptors (Lipinski definition) is 4. The number of nitrogens with one attached hydrogen (secondary N) is 1. The van der Waals surface area contributed by atoms with Crippen molar-refractivity contribution in [2.45, 2.75) is 30.8 Å². The Hall–Kier alpha value is -2.42. The van der Waals surface area contributed by atoms with Gasteiger partial charge in [0.2, 0.25) is 21.8 Å². The molecular weight excluding hydrogens is 414 g/mol. The van der Waals surface area contributed by atoms with E-state index in [-0.39, 0.29) is 29.2 Å². The fraction of sp³-hybridized carbons (Fsp3) is 0.300. The van der Waals surface area contributed by atoms with Crippen molar-refractivity contribution in [2.75, 3.05) is 6.54 Å². The zero-order chi connectivity index (χ0) is 21.2. The molecule has 0 unspecified atom stereocenters. The average molecular weight is 436 g/mol. The quantitative estimate of drug-likeness (QED) is 0.724. The van der Waals surface area contributed by atoms with Crippen LogP contribution in [0.4, 0.5) is 0 Å². The van der Waals surface area contributed by atoms with Crippen LogP contribution in [-0.4, -0.2) is 31.7 Å². The van der Waals surface area contributed by atoms with Gasteiger partial charge in [0.15, 0.2) is 0 Å². The summed E-state index contributed by atoms with van der Waals surface area (Å²) in [5.41, 5.74) is 1.58. The van der Waals surface area contributed by atoms with Gasteiger partial charge in [-0.05, 0) is 36.2 Å². The van der Waals surface area contributed by atoms with Crippen molar-refractivity contribution in [2.24, 2.45) is 11.1 Å². The van der Waals surface area contributed by atoms with Crippen molar-refractivity contribution < 1.29 is 18.0 Å². The molecule has 0 aliphatic carbocycles. The van der Waals surface area contributed by atoms with Crippen molar-refractivity contribution >= 4 is 33.4 Å². The van der Waals surface area contributed by atoms with E-state index in [0.29, 0.717) is 18.1 Å². The second-order valence-electron chi connectivity index (χ2n) is 7.11. The average Bonchev–Trinajstić information content (AvgIpc) is 3.03. The maximum Gasteiger partial charge on any atom is 0.238 e. The van der Waals surface area contributed by atoms with Gasteiger partial charge in [-0.2, -0.15) is 0 Å². The Bertz CT molecular complexity index is 1020. The molecule has 2 aromatic rings. The number of carbonyl (C=O) groups is 2. The minimum absolute atomic E-state index is 0.0105. The molecule has 0 aromatic heterocycles. The van der Waals surface area contributed by atoms with Crippen molar-refractivity contribution in [3.63, 3.8) is 0 Å². The van der Waals surface area contributed by atoms with Crippen LogP contribution in [0.1, 0.15) is 30.5 Å². The molecule has 1 heterocycles.